The summed E-state index contributed by atoms with van der Waals surface area (Å²) in [7, 11) is 0. The Kier molecular flexibility index (Phi) is 3.16. The van der Waals surface area contributed by atoms with E-state index in [1.807, 2.05) is 0 Å². The highest BCUT2D eigenvalue weighted by molar-refractivity contribution is 5.43. The summed E-state index contributed by atoms with van der Waals surface area (Å²) in [4.78, 5) is 0. The Morgan fingerprint density at radius 1 is 0.200 bits per heavy atom. The third-order valence-corrected chi connectivity index (χ3v) is 4.18. The number of fused-ring (bicyclic) bond motifs is 1. The normalized spacial score (nSPS) is 44.2. The zero-order chi connectivity index (χ0) is 20.5. The van der Waals surface area contributed by atoms with Crippen LogP contribution in [-0.2, 0) is 0 Å². The molecule has 16 heteroatoms. The number of alkyl halides is 16. The highest BCUT2D eigenvalue weighted by atomic mass is 19.4. The van der Waals surface area contributed by atoms with Gasteiger partial charge < -0.3 is 0 Å². The summed E-state index contributed by atoms with van der Waals surface area (Å²) in [6, 6.07) is 0. The summed E-state index contributed by atoms with van der Waals surface area (Å²) in [5, 5.41) is 0. The van der Waals surface area contributed by atoms with E-state index < -0.39 is 52.8 Å². The first kappa shape index (κ1) is 20.2. The number of halogens is 16. The van der Waals surface area contributed by atoms with Gasteiger partial charge in [0.1, 0.15) is 0 Å². The quantitative estimate of drug-likeness (QED) is 0.498. The fraction of sp³-hybridized carbons (Fsp3) is 1.00. The predicted octanol–water partition coefficient (Wildman–Crippen LogP) is 4.88. The van der Waals surface area contributed by atoms with Crippen LogP contribution in [0.1, 0.15) is 0 Å². The lowest BCUT2D eigenvalue weighted by Crippen LogP contribution is -2.88. The van der Waals surface area contributed by atoms with Crippen LogP contribution in [0.15, 0.2) is 0 Å². The maximum absolute atomic E-state index is 13.9. The van der Waals surface area contributed by atoms with E-state index in [2.05, 4.69) is 0 Å². The molecule has 2 aliphatic carbocycles. The van der Waals surface area contributed by atoms with Gasteiger partial charge in [0.25, 0.3) is 11.3 Å². The molecule has 2 atom stereocenters. The van der Waals surface area contributed by atoms with Crippen LogP contribution in [0.3, 0.4) is 0 Å². The van der Waals surface area contributed by atoms with Crippen molar-refractivity contribution in [3.63, 3.8) is 0 Å². The first-order chi connectivity index (χ1) is 10.5. The van der Waals surface area contributed by atoms with Crippen molar-refractivity contribution in [3.05, 3.63) is 0 Å². The number of hydrogen-bond acceptors (Lipinski definition) is 0. The SMILES string of the molecule is FC1(F)C(F)(F)C(F)(F)C2(F)C(F)(F)C(F)(F)C(F)(F)C2(F)C1(F)F. The van der Waals surface area contributed by atoms with Gasteiger partial charge in [-0.3, -0.25) is 0 Å². The first-order valence-electron chi connectivity index (χ1n) is 5.52. The van der Waals surface area contributed by atoms with Gasteiger partial charge in [0.2, 0.25) is 0 Å². The molecule has 0 aromatic carbocycles. The van der Waals surface area contributed by atoms with Gasteiger partial charge in [-0.2, -0.15) is 61.5 Å². The van der Waals surface area contributed by atoms with Crippen molar-refractivity contribution in [1.29, 1.82) is 0 Å². The molecule has 2 fully saturated rings. The minimum atomic E-state index is -8.10. The standard InChI is InChI=1S/C9F16/c10-1-2(11,4(14,15)7(20,21)3(1,12)13)6(18,19)9(24,25)8(22,23)5(1,16)17. The summed E-state index contributed by atoms with van der Waals surface area (Å²) in [6.07, 6.45) is 0. The summed E-state index contributed by atoms with van der Waals surface area (Å²) in [6.45, 7) is 0. The molecule has 0 spiro atoms. The Bertz CT molecular complexity index is 565. The van der Waals surface area contributed by atoms with E-state index in [0.29, 0.717) is 0 Å². The van der Waals surface area contributed by atoms with Crippen molar-refractivity contribution in [2.24, 2.45) is 0 Å². The molecule has 2 saturated carbocycles. The fourth-order valence-electron chi connectivity index (χ4n) is 2.72. The highest BCUT2D eigenvalue weighted by Gasteiger charge is 3.16. The third kappa shape index (κ3) is 1.26. The lowest BCUT2D eigenvalue weighted by molar-refractivity contribution is -0.485. The molecule has 0 heterocycles. The van der Waals surface area contributed by atoms with Gasteiger partial charge in [-0.25, -0.2) is 8.78 Å². The van der Waals surface area contributed by atoms with Crippen molar-refractivity contribution in [2.75, 3.05) is 0 Å². The Labute approximate surface area is 124 Å². The van der Waals surface area contributed by atoms with Crippen LogP contribution < -0.4 is 0 Å². The maximum atomic E-state index is 13.9. The molecule has 148 valence electrons. The molecule has 0 saturated heterocycles. The van der Waals surface area contributed by atoms with Gasteiger partial charge in [0.05, 0.1) is 0 Å². The monoisotopic (exact) mass is 412 g/mol. The fourth-order valence-corrected chi connectivity index (χ4v) is 2.72. The smallest absolute Gasteiger partial charge is 0.226 e. The molecule has 2 aliphatic rings. The molecule has 0 aromatic heterocycles. The molecular weight excluding hydrogens is 412 g/mol. The molecule has 0 N–H and O–H groups in total. The average molecular weight is 412 g/mol. The van der Waals surface area contributed by atoms with Gasteiger partial charge >= 0.3 is 41.5 Å². The van der Waals surface area contributed by atoms with Crippen LogP contribution in [0.4, 0.5) is 70.2 Å². The van der Waals surface area contributed by atoms with Crippen LogP contribution in [0, 0.1) is 0 Å². The molecule has 0 radical (unpaired) electrons. The van der Waals surface area contributed by atoms with Crippen molar-refractivity contribution in [3.8, 4) is 0 Å². The third-order valence-electron chi connectivity index (χ3n) is 4.18. The molecule has 2 rings (SSSR count). The van der Waals surface area contributed by atoms with E-state index in [0.717, 1.165) is 0 Å². The molecule has 25 heavy (non-hydrogen) atoms. The second-order valence-corrected chi connectivity index (χ2v) is 5.34. The highest BCUT2D eigenvalue weighted by Crippen LogP contribution is 2.81. The van der Waals surface area contributed by atoms with E-state index in [-0.39, 0.29) is 0 Å². The van der Waals surface area contributed by atoms with Crippen molar-refractivity contribution >= 4 is 0 Å². The summed E-state index contributed by atoms with van der Waals surface area (Å²) < 4.78 is 211. The van der Waals surface area contributed by atoms with Crippen molar-refractivity contribution in [2.45, 2.75) is 52.8 Å². The van der Waals surface area contributed by atoms with Gasteiger partial charge in [-0.15, -0.1) is 0 Å². The lowest BCUT2D eigenvalue weighted by Gasteiger charge is -2.53. The van der Waals surface area contributed by atoms with Crippen LogP contribution in [0.2, 0.25) is 0 Å². The zero-order valence-electron chi connectivity index (χ0n) is 10.5. The Balaban J connectivity index is 3.15. The van der Waals surface area contributed by atoms with Crippen LogP contribution in [0.25, 0.3) is 0 Å². The van der Waals surface area contributed by atoms with Gasteiger partial charge in [-0.1, -0.05) is 0 Å². The topological polar surface area (TPSA) is 0 Å². The van der Waals surface area contributed by atoms with Crippen LogP contribution in [-0.4, -0.2) is 52.8 Å². The Morgan fingerprint density at radius 3 is 0.480 bits per heavy atom. The van der Waals surface area contributed by atoms with Crippen molar-refractivity contribution in [1.82, 2.24) is 0 Å². The van der Waals surface area contributed by atoms with Crippen molar-refractivity contribution < 1.29 is 70.2 Å². The molecule has 0 nitrogen and oxygen atoms in total. The average Bonchev–Trinajstić information content (AvgIpc) is 2.47. The predicted molar refractivity (Wildman–Crippen MR) is 42.3 cm³/mol. The second-order valence-electron chi connectivity index (χ2n) is 5.34. The molecule has 0 aromatic rings. The molecule has 0 bridgehead atoms. The lowest BCUT2D eigenvalue weighted by atomic mass is 9.65. The first-order valence-corrected chi connectivity index (χ1v) is 5.52. The van der Waals surface area contributed by atoms with Gasteiger partial charge in [-0.05, 0) is 0 Å². The molecule has 0 amide bonds. The minimum Gasteiger partial charge on any atom is -0.226 e. The molecular formula is C9F16. The van der Waals surface area contributed by atoms with E-state index >= 15 is 0 Å². The zero-order valence-corrected chi connectivity index (χ0v) is 10.5. The van der Waals surface area contributed by atoms with E-state index in [1.165, 1.54) is 0 Å². The molecule has 0 aliphatic heterocycles. The second kappa shape index (κ2) is 3.92. The summed E-state index contributed by atoms with van der Waals surface area (Å²) >= 11 is 0. The minimum absolute atomic E-state index is 7.80. The summed E-state index contributed by atoms with van der Waals surface area (Å²) in [5.74, 6) is -55.8. The Morgan fingerprint density at radius 2 is 0.320 bits per heavy atom. The van der Waals surface area contributed by atoms with Crippen LogP contribution >= 0.6 is 0 Å². The number of hydrogen-bond donors (Lipinski definition) is 0. The van der Waals surface area contributed by atoms with Crippen LogP contribution in [0.5, 0.6) is 0 Å². The van der Waals surface area contributed by atoms with E-state index in [1.54, 1.807) is 0 Å². The van der Waals surface area contributed by atoms with Gasteiger partial charge in [0.15, 0.2) is 0 Å². The Hall–Kier alpha value is -1.12. The number of rotatable bonds is 0. The maximum Gasteiger partial charge on any atom is 0.382 e. The molecule has 2 unspecified atom stereocenters. The van der Waals surface area contributed by atoms with Gasteiger partial charge in [0, 0.05) is 0 Å². The van der Waals surface area contributed by atoms with E-state index in [9.17, 15) is 70.2 Å². The summed E-state index contributed by atoms with van der Waals surface area (Å²) in [5.41, 5.74) is -16.2. The van der Waals surface area contributed by atoms with E-state index in [4.69, 9.17) is 0 Å². The largest absolute Gasteiger partial charge is 0.382 e.